The molecule has 2 amide bonds. The number of rotatable bonds is 2. The molecule has 0 bridgehead atoms. The number of halogens is 1. The summed E-state index contributed by atoms with van der Waals surface area (Å²) in [7, 11) is 0. The molecule has 15 heavy (non-hydrogen) atoms. The molecule has 2 unspecified atom stereocenters. The van der Waals surface area contributed by atoms with E-state index in [0.717, 1.165) is 0 Å². The van der Waals surface area contributed by atoms with Crippen LogP contribution in [-0.2, 0) is 0 Å². The molecule has 0 radical (unpaired) electrons. The molecule has 0 saturated heterocycles. The summed E-state index contributed by atoms with van der Waals surface area (Å²) < 4.78 is 12.8. The van der Waals surface area contributed by atoms with Crippen LogP contribution in [0.15, 0.2) is 11.6 Å². The molecule has 2 N–H and O–H groups in total. The quantitative estimate of drug-likeness (QED) is 0.816. The highest BCUT2D eigenvalue weighted by molar-refractivity contribution is 7.13. The van der Waals surface area contributed by atoms with Crippen LogP contribution in [-0.4, -0.2) is 23.2 Å². The van der Waals surface area contributed by atoms with Gasteiger partial charge < -0.3 is 5.32 Å². The molecule has 82 valence electrons. The highest BCUT2D eigenvalue weighted by Gasteiger charge is 2.25. The predicted octanol–water partition coefficient (Wildman–Crippen LogP) is 2.16. The standard InChI is InChI=1S/C9H12FN3OS/c10-6-1-2-7(5-6)12-8(14)13-9-11-3-4-15-9/h3-4,6-7H,1-2,5H2,(H2,11,12,13,14). The van der Waals surface area contributed by atoms with Crippen molar-refractivity contribution in [2.24, 2.45) is 0 Å². The molecule has 0 aliphatic heterocycles. The normalized spacial score (nSPS) is 25.1. The molecule has 6 heteroatoms. The van der Waals surface area contributed by atoms with Crippen molar-refractivity contribution in [3.8, 4) is 0 Å². The zero-order valence-electron chi connectivity index (χ0n) is 8.07. The van der Waals surface area contributed by atoms with E-state index in [4.69, 9.17) is 0 Å². The molecular weight excluding hydrogens is 217 g/mol. The van der Waals surface area contributed by atoms with E-state index in [1.54, 1.807) is 11.6 Å². The number of nitrogens with zero attached hydrogens (tertiary/aromatic N) is 1. The van der Waals surface area contributed by atoms with Gasteiger partial charge in [-0.3, -0.25) is 5.32 Å². The number of nitrogens with one attached hydrogen (secondary N) is 2. The van der Waals surface area contributed by atoms with E-state index < -0.39 is 6.17 Å². The average molecular weight is 229 g/mol. The predicted molar refractivity (Wildman–Crippen MR) is 56.8 cm³/mol. The van der Waals surface area contributed by atoms with Crippen LogP contribution in [0, 0.1) is 0 Å². The number of alkyl halides is 1. The number of thiazole rings is 1. The van der Waals surface area contributed by atoms with Crippen molar-refractivity contribution in [2.45, 2.75) is 31.5 Å². The summed E-state index contributed by atoms with van der Waals surface area (Å²) in [4.78, 5) is 15.3. The van der Waals surface area contributed by atoms with Crippen molar-refractivity contribution in [2.75, 3.05) is 5.32 Å². The monoisotopic (exact) mass is 229 g/mol. The van der Waals surface area contributed by atoms with Gasteiger partial charge in [-0.05, 0) is 19.3 Å². The number of carbonyl (C=O) groups excluding carboxylic acids is 1. The Morgan fingerprint density at radius 1 is 1.60 bits per heavy atom. The third-order valence-corrected chi connectivity index (χ3v) is 3.05. The molecular formula is C9H12FN3OS. The van der Waals surface area contributed by atoms with Gasteiger partial charge >= 0.3 is 6.03 Å². The van der Waals surface area contributed by atoms with Crippen LogP contribution < -0.4 is 10.6 Å². The molecule has 1 saturated carbocycles. The van der Waals surface area contributed by atoms with Crippen LogP contribution in [0.2, 0.25) is 0 Å². The second-order valence-corrected chi connectivity index (χ2v) is 4.44. The molecule has 1 fully saturated rings. The lowest BCUT2D eigenvalue weighted by Gasteiger charge is -2.11. The van der Waals surface area contributed by atoms with Crippen molar-refractivity contribution in [3.05, 3.63) is 11.6 Å². The van der Waals surface area contributed by atoms with Crippen LogP contribution in [0.3, 0.4) is 0 Å². The summed E-state index contributed by atoms with van der Waals surface area (Å²) in [5, 5.41) is 7.66. The summed E-state index contributed by atoms with van der Waals surface area (Å²) in [6.45, 7) is 0. The summed E-state index contributed by atoms with van der Waals surface area (Å²) in [6.07, 6.45) is 2.53. The fourth-order valence-corrected chi connectivity index (χ4v) is 2.19. The van der Waals surface area contributed by atoms with Crippen LogP contribution in [0.25, 0.3) is 0 Å². The van der Waals surface area contributed by atoms with Crippen molar-refractivity contribution in [1.29, 1.82) is 0 Å². The Kier molecular flexibility index (Phi) is 3.15. The molecule has 2 atom stereocenters. The number of aromatic nitrogens is 1. The van der Waals surface area contributed by atoms with E-state index in [1.165, 1.54) is 11.3 Å². The molecule has 1 heterocycles. The van der Waals surface area contributed by atoms with Gasteiger partial charge in [0, 0.05) is 17.6 Å². The molecule has 1 aromatic heterocycles. The second-order valence-electron chi connectivity index (χ2n) is 3.54. The van der Waals surface area contributed by atoms with E-state index in [1.807, 2.05) is 0 Å². The van der Waals surface area contributed by atoms with E-state index in [-0.39, 0.29) is 12.1 Å². The number of urea groups is 1. The third kappa shape index (κ3) is 2.89. The van der Waals surface area contributed by atoms with Crippen LogP contribution >= 0.6 is 11.3 Å². The van der Waals surface area contributed by atoms with Gasteiger partial charge in [0.25, 0.3) is 0 Å². The van der Waals surface area contributed by atoms with Gasteiger partial charge in [-0.1, -0.05) is 0 Å². The molecule has 1 aliphatic rings. The van der Waals surface area contributed by atoms with Gasteiger partial charge in [-0.25, -0.2) is 14.2 Å². The van der Waals surface area contributed by atoms with Gasteiger partial charge in [-0.15, -0.1) is 11.3 Å². The highest BCUT2D eigenvalue weighted by Crippen LogP contribution is 2.21. The Balaban J connectivity index is 1.78. The van der Waals surface area contributed by atoms with Gasteiger partial charge in [0.15, 0.2) is 5.13 Å². The number of hydrogen-bond donors (Lipinski definition) is 2. The smallest absolute Gasteiger partial charge is 0.321 e. The maximum Gasteiger partial charge on any atom is 0.321 e. The van der Waals surface area contributed by atoms with Crippen molar-refractivity contribution < 1.29 is 9.18 Å². The average Bonchev–Trinajstić information content (AvgIpc) is 2.77. The topological polar surface area (TPSA) is 54.0 Å². The zero-order chi connectivity index (χ0) is 10.7. The van der Waals surface area contributed by atoms with E-state index in [2.05, 4.69) is 15.6 Å². The first-order chi connectivity index (χ1) is 7.24. The lowest BCUT2D eigenvalue weighted by atomic mass is 10.2. The van der Waals surface area contributed by atoms with Crippen LogP contribution in [0.5, 0.6) is 0 Å². The number of carbonyl (C=O) groups is 1. The number of hydrogen-bond acceptors (Lipinski definition) is 3. The molecule has 4 nitrogen and oxygen atoms in total. The second kappa shape index (κ2) is 4.57. The fourth-order valence-electron chi connectivity index (χ4n) is 1.66. The summed E-state index contributed by atoms with van der Waals surface area (Å²) in [5.74, 6) is 0. The summed E-state index contributed by atoms with van der Waals surface area (Å²) in [6, 6.07) is -0.344. The first-order valence-electron chi connectivity index (χ1n) is 4.85. The summed E-state index contributed by atoms with van der Waals surface area (Å²) >= 11 is 1.35. The lowest BCUT2D eigenvalue weighted by Crippen LogP contribution is -2.36. The SMILES string of the molecule is O=C(Nc1nccs1)NC1CCC(F)C1. The Hall–Kier alpha value is -1.17. The van der Waals surface area contributed by atoms with Crippen LogP contribution in [0.4, 0.5) is 14.3 Å². The van der Waals surface area contributed by atoms with E-state index >= 15 is 0 Å². The van der Waals surface area contributed by atoms with Crippen molar-refractivity contribution in [1.82, 2.24) is 10.3 Å². The Morgan fingerprint density at radius 3 is 3.07 bits per heavy atom. The van der Waals surface area contributed by atoms with E-state index in [9.17, 15) is 9.18 Å². The van der Waals surface area contributed by atoms with Crippen molar-refractivity contribution >= 4 is 22.5 Å². The number of anilines is 1. The largest absolute Gasteiger partial charge is 0.335 e. The maximum absolute atomic E-state index is 12.8. The minimum Gasteiger partial charge on any atom is -0.335 e. The first kappa shape index (κ1) is 10.4. The molecule has 0 spiro atoms. The van der Waals surface area contributed by atoms with Crippen molar-refractivity contribution in [3.63, 3.8) is 0 Å². The minimum absolute atomic E-state index is 0.0417. The van der Waals surface area contributed by atoms with E-state index in [0.29, 0.717) is 24.4 Å². The Morgan fingerprint density at radius 2 is 2.47 bits per heavy atom. The van der Waals surface area contributed by atoms with Gasteiger partial charge in [0.05, 0.1) is 0 Å². The van der Waals surface area contributed by atoms with Gasteiger partial charge in [-0.2, -0.15) is 0 Å². The molecule has 1 aliphatic carbocycles. The Bertz CT molecular complexity index is 330. The highest BCUT2D eigenvalue weighted by atomic mass is 32.1. The fraction of sp³-hybridized carbons (Fsp3) is 0.556. The lowest BCUT2D eigenvalue weighted by molar-refractivity contribution is 0.247. The molecule has 1 aromatic rings. The Labute approximate surface area is 90.9 Å². The van der Waals surface area contributed by atoms with Gasteiger partial charge in [0.1, 0.15) is 6.17 Å². The maximum atomic E-state index is 12.8. The third-order valence-electron chi connectivity index (χ3n) is 2.36. The van der Waals surface area contributed by atoms with Gasteiger partial charge in [0.2, 0.25) is 0 Å². The summed E-state index contributed by atoms with van der Waals surface area (Å²) in [5.41, 5.74) is 0. The molecule has 2 rings (SSSR count). The molecule has 0 aromatic carbocycles. The number of amides is 2. The zero-order valence-corrected chi connectivity index (χ0v) is 8.89. The first-order valence-corrected chi connectivity index (χ1v) is 5.73. The van der Waals surface area contributed by atoms with Crippen LogP contribution in [0.1, 0.15) is 19.3 Å². The minimum atomic E-state index is -0.768.